The average molecular weight is 331 g/mol. The molecule has 0 unspecified atom stereocenters. The van der Waals surface area contributed by atoms with Crippen LogP contribution >= 0.6 is 0 Å². The van der Waals surface area contributed by atoms with Crippen molar-refractivity contribution in [3.8, 4) is 0 Å². The molecule has 0 saturated carbocycles. The smallest absolute Gasteiger partial charge is 0.291 e. The van der Waals surface area contributed by atoms with Gasteiger partial charge in [-0.05, 0) is 36.8 Å². The third-order valence-corrected chi connectivity index (χ3v) is 3.17. The van der Waals surface area contributed by atoms with E-state index in [2.05, 4.69) is 16.0 Å². The molecule has 2 rings (SSSR count). The number of amides is 2. The van der Waals surface area contributed by atoms with Crippen molar-refractivity contribution in [3.63, 3.8) is 0 Å². The van der Waals surface area contributed by atoms with E-state index in [0.717, 1.165) is 12.1 Å². The van der Waals surface area contributed by atoms with Gasteiger partial charge in [0.05, 0.1) is 12.8 Å². The monoisotopic (exact) mass is 331 g/mol. The molecule has 0 aliphatic carbocycles. The fourth-order valence-corrected chi connectivity index (χ4v) is 2.00. The largest absolute Gasteiger partial charge is 0.459 e. The van der Waals surface area contributed by atoms with Gasteiger partial charge in [-0.2, -0.15) is 0 Å². The number of benzene rings is 1. The maximum atomic E-state index is 11.9. The zero-order chi connectivity index (χ0) is 17.2. The number of furan rings is 1. The van der Waals surface area contributed by atoms with Crippen molar-refractivity contribution in [1.82, 2.24) is 5.32 Å². The van der Waals surface area contributed by atoms with Gasteiger partial charge in [-0.3, -0.25) is 9.59 Å². The van der Waals surface area contributed by atoms with Crippen molar-refractivity contribution >= 4 is 23.2 Å². The van der Waals surface area contributed by atoms with Crippen molar-refractivity contribution in [1.29, 1.82) is 0 Å². The minimum absolute atomic E-state index is 0.101. The SMILES string of the molecule is COCCCNC(=O)CNc1cccc(NC(=O)c2ccco2)c1. The number of hydrogen-bond donors (Lipinski definition) is 3. The first-order chi connectivity index (χ1) is 11.7. The highest BCUT2D eigenvalue weighted by Gasteiger charge is 2.09. The second-order valence-corrected chi connectivity index (χ2v) is 5.06. The highest BCUT2D eigenvalue weighted by Crippen LogP contribution is 2.16. The highest BCUT2D eigenvalue weighted by atomic mass is 16.5. The number of hydrogen-bond acceptors (Lipinski definition) is 5. The molecule has 0 bridgehead atoms. The lowest BCUT2D eigenvalue weighted by Crippen LogP contribution is -2.31. The number of rotatable bonds is 9. The first kappa shape index (κ1) is 17.6. The fraction of sp³-hybridized carbons (Fsp3) is 0.294. The summed E-state index contributed by atoms with van der Waals surface area (Å²) < 4.78 is 9.96. The van der Waals surface area contributed by atoms with Gasteiger partial charge in [0.1, 0.15) is 0 Å². The normalized spacial score (nSPS) is 10.2. The first-order valence-corrected chi connectivity index (χ1v) is 7.63. The molecule has 0 radical (unpaired) electrons. The van der Waals surface area contributed by atoms with Crippen LogP contribution in [0.1, 0.15) is 17.0 Å². The predicted molar refractivity (Wildman–Crippen MR) is 91.1 cm³/mol. The summed E-state index contributed by atoms with van der Waals surface area (Å²) in [6, 6.07) is 10.4. The minimum Gasteiger partial charge on any atom is -0.459 e. The zero-order valence-electron chi connectivity index (χ0n) is 13.5. The molecule has 0 aliphatic rings. The van der Waals surface area contributed by atoms with Crippen LogP contribution < -0.4 is 16.0 Å². The Hall–Kier alpha value is -2.80. The number of anilines is 2. The molecule has 24 heavy (non-hydrogen) atoms. The quantitative estimate of drug-likeness (QED) is 0.612. The van der Waals surface area contributed by atoms with Gasteiger partial charge in [-0.25, -0.2) is 0 Å². The lowest BCUT2D eigenvalue weighted by molar-refractivity contribution is -0.119. The molecule has 3 N–H and O–H groups in total. The van der Waals surface area contributed by atoms with Gasteiger partial charge in [0.15, 0.2) is 5.76 Å². The molecule has 7 nitrogen and oxygen atoms in total. The van der Waals surface area contributed by atoms with Crippen LogP contribution in [0, 0.1) is 0 Å². The Bertz CT molecular complexity index is 656. The van der Waals surface area contributed by atoms with Crippen LogP contribution in [-0.2, 0) is 9.53 Å². The Morgan fingerprint density at radius 1 is 1.17 bits per heavy atom. The van der Waals surface area contributed by atoms with Crippen LogP contribution in [0.15, 0.2) is 47.1 Å². The van der Waals surface area contributed by atoms with Gasteiger partial charge in [-0.1, -0.05) is 6.07 Å². The molecule has 2 aromatic rings. The van der Waals surface area contributed by atoms with Crippen LogP contribution in [0.4, 0.5) is 11.4 Å². The number of methoxy groups -OCH3 is 1. The Kier molecular flexibility index (Phi) is 6.85. The summed E-state index contributed by atoms with van der Waals surface area (Å²) in [4.78, 5) is 23.6. The van der Waals surface area contributed by atoms with E-state index in [9.17, 15) is 9.59 Å². The maximum Gasteiger partial charge on any atom is 0.291 e. The Labute approximate surface area is 140 Å². The Balaban J connectivity index is 1.80. The number of ether oxygens (including phenoxy) is 1. The van der Waals surface area contributed by atoms with E-state index >= 15 is 0 Å². The zero-order valence-corrected chi connectivity index (χ0v) is 13.5. The van der Waals surface area contributed by atoms with Gasteiger partial charge >= 0.3 is 0 Å². The molecule has 128 valence electrons. The lowest BCUT2D eigenvalue weighted by atomic mass is 10.2. The van der Waals surface area contributed by atoms with Crippen molar-refractivity contribution in [3.05, 3.63) is 48.4 Å². The summed E-state index contributed by atoms with van der Waals surface area (Å²) >= 11 is 0. The third-order valence-electron chi connectivity index (χ3n) is 3.17. The number of carbonyl (C=O) groups excluding carboxylic acids is 2. The van der Waals surface area contributed by atoms with Crippen LogP contribution in [0.25, 0.3) is 0 Å². The molecule has 7 heteroatoms. The molecule has 1 aromatic carbocycles. The fourth-order valence-electron chi connectivity index (χ4n) is 2.00. The van der Waals surface area contributed by atoms with Crippen molar-refractivity contribution in [2.45, 2.75) is 6.42 Å². The predicted octanol–water partition coefficient (Wildman–Crippen LogP) is 2.10. The van der Waals surface area contributed by atoms with Crippen LogP contribution in [-0.4, -0.2) is 38.6 Å². The topological polar surface area (TPSA) is 92.6 Å². The van der Waals surface area contributed by atoms with Crippen LogP contribution in [0.3, 0.4) is 0 Å². The average Bonchev–Trinajstić information content (AvgIpc) is 3.12. The summed E-state index contributed by atoms with van der Waals surface area (Å²) in [5.41, 5.74) is 1.35. The van der Waals surface area contributed by atoms with Crippen LogP contribution in [0.5, 0.6) is 0 Å². The first-order valence-electron chi connectivity index (χ1n) is 7.63. The van der Waals surface area contributed by atoms with E-state index in [0.29, 0.717) is 18.8 Å². The van der Waals surface area contributed by atoms with Crippen molar-refractivity contribution in [2.75, 3.05) is 37.4 Å². The van der Waals surface area contributed by atoms with E-state index in [1.807, 2.05) is 6.07 Å². The second kappa shape index (κ2) is 9.36. The summed E-state index contributed by atoms with van der Waals surface area (Å²) in [7, 11) is 1.63. The molecule has 0 aliphatic heterocycles. The standard InChI is InChI=1S/C17H21N3O4/c1-23-9-4-8-18-16(21)12-19-13-5-2-6-14(11-13)20-17(22)15-7-3-10-24-15/h2-3,5-7,10-11,19H,4,8-9,12H2,1H3,(H,18,21)(H,20,22). The van der Waals surface area contributed by atoms with Gasteiger partial charge < -0.3 is 25.1 Å². The molecule has 0 spiro atoms. The molecule has 1 heterocycles. The molecule has 0 saturated heterocycles. The summed E-state index contributed by atoms with van der Waals surface area (Å²) in [6.45, 7) is 1.35. The number of nitrogens with one attached hydrogen (secondary N) is 3. The minimum atomic E-state index is -0.326. The Morgan fingerprint density at radius 2 is 2.00 bits per heavy atom. The van der Waals surface area contributed by atoms with E-state index < -0.39 is 0 Å². The maximum absolute atomic E-state index is 11.9. The summed E-state index contributed by atoms with van der Waals surface area (Å²) in [6.07, 6.45) is 2.22. The molecule has 0 fully saturated rings. The molecule has 2 amide bonds. The molecular formula is C17H21N3O4. The van der Waals surface area contributed by atoms with E-state index in [1.165, 1.54) is 6.26 Å². The molecular weight excluding hydrogens is 310 g/mol. The van der Waals surface area contributed by atoms with E-state index in [4.69, 9.17) is 9.15 Å². The molecule has 1 aromatic heterocycles. The van der Waals surface area contributed by atoms with E-state index in [1.54, 1.807) is 37.4 Å². The van der Waals surface area contributed by atoms with Gasteiger partial charge in [-0.15, -0.1) is 0 Å². The summed E-state index contributed by atoms with van der Waals surface area (Å²) in [5, 5.41) is 8.54. The second-order valence-electron chi connectivity index (χ2n) is 5.06. The Morgan fingerprint density at radius 3 is 2.75 bits per heavy atom. The van der Waals surface area contributed by atoms with Gasteiger partial charge in [0, 0.05) is 31.6 Å². The van der Waals surface area contributed by atoms with Gasteiger partial charge in [0.2, 0.25) is 5.91 Å². The summed E-state index contributed by atoms with van der Waals surface area (Å²) in [5.74, 6) is -0.187. The van der Waals surface area contributed by atoms with Crippen molar-refractivity contribution in [2.24, 2.45) is 0 Å². The van der Waals surface area contributed by atoms with Gasteiger partial charge in [0.25, 0.3) is 5.91 Å². The molecule has 0 atom stereocenters. The number of carbonyl (C=O) groups is 2. The van der Waals surface area contributed by atoms with Crippen molar-refractivity contribution < 1.29 is 18.7 Å². The van der Waals surface area contributed by atoms with E-state index in [-0.39, 0.29) is 24.1 Å². The van der Waals surface area contributed by atoms with Crippen LogP contribution in [0.2, 0.25) is 0 Å². The lowest BCUT2D eigenvalue weighted by Gasteiger charge is -2.09. The highest BCUT2D eigenvalue weighted by molar-refractivity contribution is 6.02. The third kappa shape index (κ3) is 5.77.